The number of benzene rings is 3. The highest BCUT2D eigenvalue weighted by Gasteiger charge is 2.04. The summed E-state index contributed by atoms with van der Waals surface area (Å²) in [5.74, 6) is 0.995. The molecule has 1 N–H and O–H groups in total. The molecule has 7 heteroatoms. The van der Waals surface area contributed by atoms with Crippen LogP contribution < -0.4 is 14.9 Å². The molecule has 0 spiro atoms. The van der Waals surface area contributed by atoms with Crippen molar-refractivity contribution in [3.63, 3.8) is 0 Å². The van der Waals surface area contributed by atoms with E-state index in [1.54, 1.807) is 18.3 Å². The molecule has 0 heterocycles. The maximum atomic E-state index is 11.8. The molecule has 29 heavy (non-hydrogen) atoms. The maximum Gasteiger partial charge on any atom is 0.277 e. The minimum absolute atomic E-state index is 0.109. The molecule has 0 radical (unpaired) electrons. The molecule has 0 fully saturated rings. The van der Waals surface area contributed by atoms with Gasteiger partial charge in [-0.05, 0) is 69.5 Å². The SMILES string of the molecule is O=C(COc1ccccc1)N/N=C\c1ccc(OCc2ccc(Cl)cc2)c(Br)c1. The Bertz CT molecular complexity index is 979. The summed E-state index contributed by atoms with van der Waals surface area (Å²) in [6.07, 6.45) is 1.55. The Balaban J connectivity index is 1.47. The van der Waals surface area contributed by atoms with Gasteiger partial charge in [0.25, 0.3) is 5.91 Å². The molecule has 5 nitrogen and oxygen atoms in total. The Labute approximate surface area is 182 Å². The number of nitrogens with zero attached hydrogens (tertiary/aromatic N) is 1. The molecular weight excluding hydrogens is 456 g/mol. The van der Waals surface area contributed by atoms with Crippen LogP contribution in [-0.2, 0) is 11.4 Å². The first-order chi connectivity index (χ1) is 14.1. The predicted octanol–water partition coefficient (Wildman–Crippen LogP) is 5.21. The summed E-state index contributed by atoms with van der Waals surface area (Å²) in [5.41, 5.74) is 4.26. The summed E-state index contributed by atoms with van der Waals surface area (Å²) in [6.45, 7) is 0.323. The zero-order chi connectivity index (χ0) is 20.5. The summed E-state index contributed by atoms with van der Waals surface area (Å²) in [6, 6.07) is 22.1. The number of halogens is 2. The first-order valence-electron chi connectivity index (χ1n) is 8.77. The van der Waals surface area contributed by atoms with Crippen LogP contribution in [-0.4, -0.2) is 18.7 Å². The van der Waals surface area contributed by atoms with Gasteiger partial charge in [-0.1, -0.05) is 41.9 Å². The molecular formula is C22H18BrClN2O3. The van der Waals surface area contributed by atoms with Gasteiger partial charge in [0, 0.05) is 5.02 Å². The molecule has 3 rings (SSSR count). The molecule has 0 bridgehead atoms. The van der Waals surface area contributed by atoms with Gasteiger partial charge in [0.2, 0.25) is 0 Å². The maximum absolute atomic E-state index is 11.8. The number of amides is 1. The van der Waals surface area contributed by atoms with Crippen molar-refractivity contribution in [2.75, 3.05) is 6.61 Å². The van der Waals surface area contributed by atoms with Gasteiger partial charge < -0.3 is 9.47 Å². The van der Waals surface area contributed by atoms with Gasteiger partial charge in [-0.25, -0.2) is 5.43 Å². The Kier molecular flexibility index (Phi) is 7.67. The standard InChI is InChI=1S/C22H18BrClN2O3/c23-20-12-17(8-11-21(20)29-14-16-6-9-18(24)10-7-16)13-25-26-22(27)15-28-19-4-2-1-3-5-19/h1-13H,14-15H2,(H,26,27)/b25-13-. The molecule has 1 amide bonds. The van der Waals surface area contributed by atoms with Crippen LogP contribution in [0.15, 0.2) is 82.4 Å². The average Bonchev–Trinajstić information content (AvgIpc) is 2.73. The van der Waals surface area contributed by atoms with Crippen molar-refractivity contribution < 1.29 is 14.3 Å². The van der Waals surface area contributed by atoms with Crippen LogP contribution in [0, 0.1) is 0 Å². The van der Waals surface area contributed by atoms with Gasteiger partial charge in [-0.2, -0.15) is 5.10 Å². The van der Waals surface area contributed by atoms with E-state index in [4.69, 9.17) is 21.1 Å². The smallest absolute Gasteiger partial charge is 0.277 e. The monoisotopic (exact) mass is 472 g/mol. The Morgan fingerprint density at radius 2 is 1.79 bits per heavy atom. The highest BCUT2D eigenvalue weighted by molar-refractivity contribution is 9.10. The van der Waals surface area contributed by atoms with Crippen LogP contribution in [0.1, 0.15) is 11.1 Å². The van der Waals surface area contributed by atoms with Crippen molar-refractivity contribution in [3.8, 4) is 11.5 Å². The molecule has 0 aliphatic carbocycles. The lowest BCUT2D eigenvalue weighted by Gasteiger charge is -2.09. The number of hydrogen-bond acceptors (Lipinski definition) is 4. The third kappa shape index (κ3) is 6.93. The lowest BCUT2D eigenvalue weighted by Crippen LogP contribution is -2.24. The second kappa shape index (κ2) is 10.6. The van der Waals surface area contributed by atoms with Crippen molar-refractivity contribution in [1.82, 2.24) is 5.43 Å². The third-order valence-electron chi connectivity index (χ3n) is 3.78. The van der Waals surface area contributed by atoms with Gasteiger partial charge in [-0.15, -0.1) is 0 Å². The molecule has 0 saturated carbocycles. The molecule has 0 unspecified atom stereocenters. The van der Waals surface area contributed by atoms with Crippen LogP contribution in [0.25, 0.3) is 0 Å². The number of para-hydroxylation sites is 1. The predicted molar refractivity (Wildman–Crippen MR) is 118 cm³/mol. The minimum atomic E-state index is -0.341. The van der Waals surface area contributed by atoms with E-state index in [2.05, 4.69) is 26.5 Å². The van der Waals surface area contributed by atoms with Crippen LogP contribution in [0.2, 0.25) is 5.02 Å². The third-order valence-corrected chi connectivity index (χ3v) is 4.65. The summed E-state index contributed by atoms with van der Waals surface area (Å²) in [7, 11) is 0. The fourth-order valence-electron chi connectivity index (χ4n) is 2.33. The minimum Gasteiger partial charge on any atom is -0.488 e. The summed E-state index contributed by atoms with van der Waals surface area (Å²) >= 11 is 9.37. The Morgan fingerprint density at radius 3 is 2.52 bits per heavy atom. The van der Waals surface area contributed by atoms with E-state index in [1.807, 2.05) is 60.7 Å². The number of ether oxygens (including phenoxy) is 2. The number of carbonyl (C=O) groups excluding carboxylic acids is 1. The fraction of sp³-hybridized carbons (Fsp3) is 0.0909. The molecule has 0 atom stereocenters. The van der Waals surface area contributed by atoms with Gasteiger partial charge in [0.15, 0.2) is 6.61 Å². The molecule has 3 aromatic carbocycles. The van der Waals surface area contributed by atoms with Crippen LogP contribution in [0.5, 0.6) is 11.5 Å². The van der Waals surface area contributed by atoms with E-state index >= 15 is 0 Å². The van der Waals surface area contributed by atoms with Crippen LogP contribution in [0.3, 0.4) is 0 Å². The first kappa shape index (κ1) is 20.9. The van der Waals surface area contributed by atoms with Crippen LogP contribution in [0.4, 0.5) is 0 Å². The molecule has 0 aliphatic rings. The normalized spacial score (nSPS) is 10.7. The second-order valence-electron chi connectivity index (χ2n) is 6.00. The lowest BCUT2D eigenvalue weighted by molar-refractivity contribution is -0.123. The van der Waals surface area contributed by atoms with Crippen LogP contribution >= 0.6 is 27.5 Å². The highest BCUT2D eigenvalue weighted by atomic mass is 79.9. The number of nitrogens with one attached hydrogen (secondary N) is 1. The van der Waals surface area contributed by atoms with E-state index < -0.39 is 0 Å². The Hall–Kier alpha value is -2.83. The number of hydrazone groups is 1. The van der Waals surface area contributed by atoms with Crippen molar-refractivity contribution in [2.24, 2.45) is 5.10 Å². The van der Waals surface area contributed by atoms with Gasteiger partial charge in [0.1, 0.15) is 18.1 Å². The van der Waals surface area contributed by atoms with E-state index in [-0.39, 0.29) is 12.5 Å². The number of hydrogen-bond donors (Lipinski definition) is 1. The van der Waals surface area contributed by atoms with Gasteiger partial charge >= 0.3 is 0 Å². The van der Waals surface area contributed by atoms with Crippen molar-refractivity contribution in [1.29, 1.82) is 0 Å². The van der Waals surface area contributed by atoms with E-state index in [0.717, 1.165) is 15.6 Å². The zero-order valence-electron chi connectivity index (χ0n) is 15.3. The molecule has 0 saturated heterocycles. The molecule has 0 aromatic heterocycles. The summed E-state index contributed by atoms with van der Waals surface area (Å²) in [4.78, 5) is 11.8. The molecule has 3 aromatic rings. The molecule has 148 valence electrons. The second-order valence-corrected chi connectivity index (χ2v) is 7.29. The highest BCUT2D eigenvalue weighted by Crippen LogP contribution is 2.26. The topological polar surface area (TPSA) is 59.9 Å². The molecule has 0 aliphatic heterocycles. The van der Waals surface area contributed by atoms with Crippen molar-refractivity contribution >= 4 is 39.7 Å². The van der Waals surface area contributed by atoms with E-state index in [1.165, 1.54) is 0 Å². The van der Waals surface area contributed by atoms with Crippen molar-refractivity contribution in [3.05, 3.63) is 93.4 Å². The summed E-state index contributed by atoms with van der Waals surface area (Å²) in [5, 5.41) is 4.64. The largest absolute Gasteiger partial charge is 0.488 e. The fourth-order valence-corrected chi connectivity index (χ4v) is 2.97. The quantitative estimate of drug-likeness (QED) is 0.361. The van der Waals surface area contributed by atoms with E-state index in [0.29, 0.717) is 23.1 Å². The number of rotatable bonds is 8. The van der Waals surface area contributed by atoms with Gasteiger partial charge in [0.05, 0.1) is 10.7 Å². The Morgan fingerprint density at radius 1 is 1.03 bits per heavy atom. The lowest BCUT2D eigenvalue weighted by atomic mass is 10.2. The van der Waals surface area contributed by atoms with Gasteiger partial charge in [-0.3, -0.25) is 4.79 Å². The first-order valence-corrected chi connectivity index (χ1v) is 9.94. The summed E-state index contributed by atoms with van der Waals surface area (Å²) < 4.78 is 12.0. The van der Waals surface area contributed by atoms with Crippen molar-refractivity contribution in [2.45, 2.75) is 6.61 Å². The van der Waals surface area contributed by atoms with E-state index in [9.17, 15) is 4.79 Å². The number of carbonyl (C=O) groups is 1. The zero-order valence-corrected chi connectivity index (χ0v) is 17.7. The average molecular weight is 474 g/mol.